The van der Waals surface area contributed by atoms with Crippen molar-refractivity contribution in [2.45, 2.75) is 32.1 Å². The van der Waals surface area contributed by atoms with Crippen molar-refractivity contribution < 1.29 is 4.74 Å². The number of nitrogens with zero attached hydrogens (tertiary/aromatic N) is 3. The van der Waals surface area contributed by atoms with Crippen LogP contribution < -0.4 is 0 Å². The van der Waals surface area contributed by atoms with Gasteiger partial charge in [0.1, 0.15) is 11.6 Å². The number of methoxy groups -OCH3 is 1. The molecule has 1 aromatic heterocycles. The van der Waals surface area contributed by atoms with Crippen LogP contribution in [0.15, 0.2) is 18.2 Å². The van der Waals surface area contributed by atoms with E-state index in [-0.39, 0.29) is 0 Å². The van der Waals surface area contributed by atoms with E-state index in [0.29, 0.717) is 11.9 Å². The van der Waals surface area contributed by atoms with E-state index in [1.165, 1.54) is 16.7 Å². The minimum absolute atomic E-state index is 0.665. The molecule has 0 saturated carbocycles. The number of alkyl halides is 1. The molecule has 108 valence electrons. The maximum absolute atomic E-state index is 5.17. The van der Waals surface area contributed by atoms with Crippen molar-refractivity contribution in [2.24, 2.45) is 0 Å². The Morgan fingerprint density at radius 1 is 1.20 bits per heavy atom. The van der Waals surface area contributed by atoms with Gasteiger partial charge in [-0.15, -0.1) is 10.2 Å². The van der Waals surface area contributed by atoms with Crippen molar-refractivity contribution in [2.75, 3.05) is 13.7 Å². The lowest BCUT2D eigenvalue weighted by Gasteiger charge is -2.10. The second kappa shape index (κ2) is 6.99. The summed E-state index contributed by atoms with van der Waals surface area (Å²) in [5.41, 5.74) is 3.86. The lowest BCUT2D eigenvalue weighted by Crippen LogP contribution is -2.11. The van der Waals surface area contributed by atoms with Crippen molar-refractivity contribution in [3.63, 3.8) is 0 Å². The summed E-state index contributed by atoms with van der Waals surface area (Å²) in [4.78, 5) is 0. The standard InChI is InChI=1S/C15H20BrN3O/c1-11-4-5-12(2)13(8-11)9-14-17-18-15(10-16)19(14)6-7-20-3/h4-5,8H,6-7,9-10H2,1-3H3. The van der Waals surface area contributed by atoms with Crippen LogP contribution in [0.5, 0.6) is 0 Å². The van der Waals surface area contributed by atoms with E-state index in [4.69, 9.17) is 4.74 Å². The van der Waals surface area contributed by atoms with Gasteiger partial charge in [0.25, 0.3) is 0 Å². The molecule has 0 N–H and O–H groups in total. The third-order valence-corrected chi connectivity index (χ3v) is 3.90. The summed E-state index contributed by atoms with van der Waals surface area (Å²) in [5, 5.41) is 9.28. The monoisotopic (exact) mass is 337 g/mol. The number of aromatic nitrogens is 3. The largest absolute Gasteiger partial charge is 0.383 e. The number of aryl methyl sites for hydroxylation is 2. The lowest BCUT2D eigenvalue weighted by atomic mass is 10.0. The molecule has 0 fully saturated rings. The predicted molar refractivity (Wildman–Crippen MR) is 83.3 cm³/mol. The first kappa shape index (κ1) is 15.2. The van der Waals surface area contributed by atoms with Gasteiger partial charge in [0.2, 0.25) is 0 Å². The molecule has 0 radical (unpaired) electrons. The number of ether oxygens (including phenoxy) is 1. The smallest absolute Gasteiger partial charge is 0.143 e. The molecule has 0 amide bonds. The quantitative estimate of drug-likeness (QED) is 0.760. The summed E-state index contributed by atoms with van der Waals surface area (Å²) in [6.45, 7) is 5.70. The molecule has 20 heavy (non-hydrogen) atoms. The summed E-state index contributed by atoms with van der Waals surface area (Å²) in [6.07, 6.45) is 0.803. The van der Waals surface area contributed by atoms with E-state index < -0.39 is 0 Å². The van der Waals surface area contributed by atoms with Crippen molar-refractivity contribution in [3.05, 3.63) is 46.5 Å². The molecular weight excluding hydrogens is 318 g/mol. The highest BCUT2D eigenvalue weighted by molar-refractivity contribution is 9.08. The van der Waals surface area contributed by atoms with Crippen LogP contribution in [0.4, 0.5) is 0 Å². The highest BCUT2D eigenvalue weighted by atomic mass is 79.9. The molecule has 2 rings (SSSR count). The number of hydrogen-bond donors (Lipinski definition) is 0. The van der Waals surface area contributed by atoms with E-state index in [0.717, 1.165) is 24.6 Å². The van der Waals surface area contributed by atoms with E-state index in [9.17, 15) is 0 Å². The second-order valence-electron chi connectivity index (χ2n) is 4.92. The summed E-state index contributed by atoms with van der Waals surface area (Å²) < 4.78 is 7.31. The summed E-state index contributed by atoms with van der Waals surface area (Å²) in [7, 11) is 1.71. The highest BCUT2D eigenvalue weighted by Gasteiger charge is 2.12. The Morgan fingerprint density at radius 2 is 1.95 bits per heavy atom. The first-order valence-corrected chi connectivity index (χ1v) is 7.80. The van der Waals surface area contributed by atoms with E-state index >= 15 is 0 Å². The molecule has 5 heteroatoms. The van der Waals surface area contributed by atoms with Gasteiger partial charge in [-0.05, 0) is 25.0 Å². The molecule has 0 bridgehead atoms. The van der Waals surface area contributed by atoms with E-state index in [2.05, 4.69) is 62.7 Å². The van der Waals surface area contributed by atoms with Gasteiger partial charge in [-0.25, -0.2) is 0 Å². The van der Waals surface area contributed by atoms with Gasteiger partial charge in [-0.3, -0.25) is 0 Å². The molecule has 4 nitrogen and oxygen atoms in total. The maximum Gasteiger partial charge on any atom is 0.143 e. The fourth-order valence-electron chi connectivity index (χ4n) is 2.20. The zero-order chi connectivity index (χ0) is 14.5. The SMILES string of the molecule is COCCn1c(CBr)nnc1Cc1cc(C)ccc1C. The molecule has 0 aliphatic rings. The van der Waals surface area contributed by atoms with Gasteiger partial charge < -0.3 is 9.30 Å². The molecular formula is C15H20BrN3O. The van der Waals surface area contributed by atoms with Crippen LogP contribution in [0.3, 0.4) is 0 Å². The molecule has 0 atom stereocenters. The third kappa shape index (κ3) is 3.46. The Labute approximate surface area is 128 Å². The molecule has 2 aromatic rings. The maximum atomic E-state index is 5.17. The number of benzene rings is 1. The molecule has 0 spiro atoms. The zero-order valence-electron chi connectivity index (χ0n) is 12.2. The molecule has 1 aromatic carbocycles. The normalized spacial score (nSPS) is 11.0. The molecule has 0 aliphatic heterocycles. The fourth-order valence-corrected chi connectivity index (χ4v) is 2.62. The minimum Gasteiger partial charge on any atom is -0.383 e. The van der Waals surface area contributed by atoms with Crippen LogP contribution >= 0.6 is 15.9 Å². The Balaban J connectivity index is 2.28. The number of hydrogen-bond acceptors (Lipinski definition) is 3. The van der Waals surface area contributed by atoms with Gasteiger partial charge in [0.05, 0.1) is 11.9 Å². The average Bonchev–Trinajstić information content (AvgIpc) is 2.82. The van der Waals surface area contributed by atoms with Crippen LogP contribution in [-0.4, -0.2) is 28.5 Å². The molecule has 0 saturated heterocycles. The van der Waals surface area contributed by atoms with Gasteiger partial charge in [-0.1, -0.05) is 39.7 Å². The van der Waals surface area contributed by atoms with E-state index in [1.807, 2.05) is 0 Å². The Hall–Kier alpha value is -1.20. The summed E-state index contributed by atoms with van der Waals surface area (Å²) >= 11 is 3.46. The summed E-state index contributed by atoms with van der Waals surface area (Å²) in [6, 6.07) is 6.52. The zero-order valence-corrected chi connectivity index (χ0v) is 13.8. The fraction of sp³-hybridized carbons (Fsp3) is 0.467. The average molecular weight is 338 g/mol. The van der Waals surface area contributed by atoms with Crippen molar-refractivity contribution in [1.82, 2.24) is 14.8 Å². The van der Waals surface area contributed by atoms with Gasteiger partial charge in [0, 0.05) is 20.1 Å². The van der Waals surface area contributed by atoms with Gasteiger partial charge >= 0.3 is 0 Å². The van der Waals surface area contributed by atoms with Crippen LogP contribution in [0.1, 0.15) is 28.3 Å². The second-order valence-corrected chi connectivity index (χ2v) is 5.48. The van der Waals surface area contributed by atoms with Crippen LogP contribution in [0, 0.1) is 13.8 Å². The van der Waals surface area contributed by atoms with Crippen molar-refractivity contribution in [1.29, 1.82) is 0 Å². The number of halogens is 1. The van der Waals surface area contributed by atoms with Crippen molar-refractivity contribution in [3.8, 4) is 0 Å². The summed E-state index contributed by atoms with van der Waals surface area (Å²) in [5.74, 6) is 1.94. The predicted octanol–water partition coefficient (Wildman–Crippen LogP) is 3.03. The Kier molecular flexibility index (Phi) is 5.31. The molecule has 0 unspecified atom stereocenters. The highest BCUT2D eigenvalue weighted by Crippen LogP contribution is 2.16. The molecule has 0 aliphatic carbocycles. The van der Waals surface area contributed by atoms with E-state index in [1.54, 1.807) is 7.11 Å². The lowest BCUT2D eigenvalue weighted by molar-refractivity contribution is 0.185. The number of rotatable bonds is 6. The van der Waals surface area contributed by atoms with Crippen LogP contribution in [0.25, 0.3) is 0 Å². The van der Waals surface area contributed by atoms with Crippen molar-refractivity contribution >= 4 is 15.9 Å². The topological polar surface area (TPSA) is 39.9 Å². The Bertz CT molecular complexity index is 580. The minimum atomic E-state index is 0.665. The van der Waals surface area contributed by atoms with Gasteiger partial charge in [0.15, 0.2) is 0 Å². The van der Waals surface area contributed by atoms with Gasteiger partial charge in [-0.2, -0.15) is 0 Å². The molecule has 1 heterocycles. The first-order chi connectivity index (χ1) is 9.65. The third-order valence-electron chi connectivity index (χ3n) is 3.40. The van der Waals surface area contributed by atoms with Crippen LogP contribution in [0.2, 0.25) is 0 Å². The first-order valence-electron chi connectivity index (χ1n) is 6.67. The van der Waals surface area contributed by atoms with Crippen LogP contribution in [-0.2, 0) is 23.0 Å². The Morgan fingerprint density at radius 3 is 2.65 bits per heavy atom.